The minimum Gasteiger partial charge on any atom is -0.465 e. The first-order chi connectivity index (χ1) is 13.3. The van der Waals surface area contributed by atoms with Crippen molar-refractivity contribution in [2.75, 3.05) is 5.32 Å². The van der Waals surface area contributed by atoms with Crippen LogP contribution in [0.2, 0.25) is 0 Å². The van der Waals surface area contributed by atoms with Crippen LogP contribution >= 0.6 is 0 Å². The zero-order valence-electron chi connectivity index (χ0n) is 16.1. The Balaban J connectivity index is 1.99. The SMILES string of the molecule is CC(C)(C)N(C(=O)O)C(C(=O)Nc1ccc2cnccc2c1)c1ccccc1. The maximum absolute atomic E-state index is 13.2. The van der Waals surface area contributed by atoms with Gasteiger partial charge in [-0.05, 0) is 49.9 Å². The van der Waals surface area contributed by atoms with E-state index in [1.165, 1.54) is 4.90 Å². The smallest absolute Gasteiger partial charge is 0.408 e. The summed E-state index contributed by atoms with van der Waals surface area (Å²) in [7, 11) is 0. The van der Waals surface area contributed by atoms with Gasteiger partial charge in [-0.1, -0.05) is 36.4 Å². The molecule has 144 valence electrons. The third-order valence-corrected chi connectivity index (χ3v) is 4.46. The average Bonchev–Trinajstić information content (AvgIpc) is 2.65. The number of fused-ring (bicyclic) bond motifs is 1. The van der Waals surface area contributed by atoms with Crippen molar-refractivity contribution in [3.8, 4) is 0 Å². The van der Waals surface area contributed by atoms with Crippen molar-refractivity contribution in [1.29, 1.82) is 0 Å². The summed E-state index contributed by atoms with van der Waals surface area (Å²) in [5, 5.41) is 14.6. The highest BCUT2D eigenvalue weighted by atomic mass is 16.4. The first-order valence-corrected chi connectivity index (χ1v) is 8.99. The van der Waals surface area contributed by atoms with E-state index in [0.717, 1.165) is 10.8 Å². The highest BCUT2D eigenvalue weighted by Gasteiger charge is 2.38. The number of rotatable bonds is 4. The van der Waals surface area contributed by atoms with Crippen molar-refractivity contribution in [3.63, 3.8) is 0 Å². The Kier molecular flexibility index (Phi) is 5.31. The van der Waals surface area contributed by atoms with Crippen LogP contribution < -0.4 is 5.32 Å². The number of hydrogen-bond donors (Lipinski definition) is 2. The molecule has 0 aliphatic heterocycles. The van der Waals surface area contributed by atoms with Crippen LogP contribution in [0.5, 0.6) is 0 Å². The average molecular weight is 377 g/mol. The van der Waals surface area contributed by atoms with E-state index >= 15 is 0 Å². The van der Waals surface area contributed by atoms with Gasteiger partial charge >= 0.3 is 6.09 Å². The summed E-state index contributed by atoms with van der Waals surface area (Å²) < 4.78 is 0. The van der Waals surface area contributed by atoms with Gasteiger partial charge in [0.2, 0.25) is 0 Å². The molecule has 1 unspecified atom stereocenters. The number of aromatic nitrogens is 1. The summed E-state index contributed by atoms with van der Waals surface area (Å²) in [5.41, 5.74) is 0.449. The summed E-state index contributed by atoms with van der Waals surface area (Å²) in [5.74, 6) is -0.406. The van der Waals surface area contributed by atoms with Crippen molar-refractivity contribution >= 4 is 28.5 Å². The van der Waals surface area contributed by atoms with Gasteiger partial charge in [-0.25, -0.2) is 4.79 Å². The minimum absolute atomic E-state index is 0.406. The van der Waals surface area contributed by atoms with E-state index in [1.54, 1.807) is 63.5 Å². The lowest BCUT2D eigenvalue weighted by molar-refractivity contribution is -0.122. The first-order valence-electron chi connectivity index (χ1n) is 8.99. The molecule has 6 heteroatoms. The first kappa shape index (κ1) is 19.4. The molecule has 1 atom stereocenters. The lowest BCUT2D eigenvalue weighted by Gasteiger charge is -2.39. The summed E-state index contributed by atoms with van der Waals surface area (Å²) in [4.78, 5) is 30.5. The molecule has 0 fully saturated rings. The molecule has 2 N–H and O–H groups in total. The Labute approximate surface area is 163 Å². The fourth-order valence-electron chi connectivity index (χ4n) is 3.21. The molecule has 0 radical (unpaired) electrons. The van der Waals surface area contributed by atoms with Crippen molar-refractivity contribution in [2.24, 2.45) is 0 Å². The molecular formula is C22H23N3O3. The number of anilines is 1. The van der Waals surface area contributed by atoms with Crippen molar-refractivity contribution in [3.05, 3.63) is 72.6 Å². The van der Waals surface area contributed by atoms with Crippen LogP contribution in [0.25, 0.3) is 10.8 Å². The zero-order chi connectivity index (χ0) is 20.3. The van der Waals surface area contributed by atoms with Crippen LogP contribution in [0.4, 0.5) is 10.5 Å². The van der Waals surface area contributed by atoms with Gasteiger partial charge in [-0.3, -0.25) is 14.7 Å². The second kappa shape index (κ2) is 7.68. The molecule has 3 aromatic rings. The lowest BCUT2D eigenvalue weighted by Crippen LogP contribution is -2.50. The highest BCUT2D eigenvalue weighted by Crippen LogP contribution is 2.30. The van der Waals surface area contributed by atoms with E-state index < -0.39 is 23.6 Å². The number of nitrogens with zero attached hydrogens (tertiary/aromatic N) is 2. The van der Waals surface area contributed by atoms with Crippen molar-refractivity contribution < 1.29 is 14.7 Å². The Morgan fingerprint density at radius 1 is 1.04 bits per heavy atom. The van der Waals surface area contributed by atoms with Gasteiger partial charge in [0.1, 0.15) is 6.04 Å². The van der Waals surface area contributed by atoms with Gasteiger partial charge in [0.25, 0.3) is 5.91 Å². The van der Waals surface area contributed by atoms with Crippen LogP contribution in [0.1, 0.15) is 32.4 Å². The molecule has 2 amide bonds. The third kappa shape index (κ3) is 4.11. The maximum Gasteiger partial charge on any atom is 0.408 e. The molecule has 1 aromatic heterocycles. The zero-order valence-corrected chi connectivity index (χ0v) is 16.1. The van der Waals surface area contributed by atoms with E-state index in [0.29, 0.717) is 11.3 Å². The number of carbonyl (C=O) groups is 2. The predicted molar refractivity (Wildman–Crippen MR) is 109 cm³/mol. The van der Waals surface area contributed by atoms with Gasteiger partial charge in [0.15, 0.2) is 0 Å². The standard InChI is InChI=1S/C22H23N3O3/c1-22(2,3)25(21(27)28)19(15-7-5-4-6-8-15)20(26)24-18-10-9-17-14-23-12-11-16(17)13-18/h4-14,19H,1-3H3,(H,24,26)(H,27,28). The van der Waals surface area contributed by atoms with Gasteiger partial charge in [-0.2, -0.15) is 0 Å². The Bertz CT molecular complexity index is 997. The Morgan fingerprint density at radius 3 is 2.39 bits per heavy atom. The van der Waals surface area contributed by atoms with Gasteiger partial charge < -0.3 is 10.4 Å². The van der Waals surface area contributed by atoms with Gasteiger partial charge in [-0.15, -0.1) is 0 Å². The highest BCUT2D eigenvalue weighted by molar-refractivity contribution is 5.99. The molecule has 3 rings (SSSR count). The van der Waals surface area contributed by atoms with Crippen LogP contribution in [-0.2, 0) is 4.79 Å². The molecule has 0 saturated heterocycles. The predicted octanol–water partition coefficient (Wildman–Crippen LogP) is 4.69. The van der Waals surface area contributed by atoms with E-state index in [9.17, 15) is 14.7 Å². The van der Waals surface area contributed by atoms with Crippen LogP contribution in [0.15, 0.2) is 67.0 Å². The lowest BCUT2D eigenvalue weighted by atomic mass is 9.97. The molecule has 28 heavy (non-hydrogen) atoms. The second-order valence-corrected chi connectivity index (χ2v) is 7.56. The molecule has 6 nitrogen and oxygen atoms in total. The fraction of sp³-hybridized carbons (Fsp3) is 0.227. The van der Waals surface area contributed by atoms with Crippen LogP contribution in [0, 0.1) is 0 Å². The topological polar surface area (TPSA) is 82.5 Å². The maximum atomic E-state index is 13.2. The molecule has 2 aromatic carbocycles. The fourth-order valence-corrected chi connectivity index (χ4v) is 3.21. The van der Waals surface area contributed by atoms with E-state index in [-0.39, 0.29) is 0 Å². The number of pyridine rings is 1. The molecular weight excluding hydrogens is 354 g/mol. The number of amides is 2. The van der Waals surface area contributed by atoms with Crippen LogP contribution in [-0.4, -0.2) is 32.5 Å². The second-order valence-electron chi connectivity index (χ2n) is 7.56. The number of carboxylic acid groups (broad SMARTS) is 1. The van der Waals surface area contributed by atoms with Gasteiger partial charge in [0, 0.05) is 29.0 Å². The van der Waals surface area contributed by atoms with E-state index in [1.807, 2.05) is 24.3 Å². The summed E-state index contributed by atoms with van der Waals surface area (Å²) in [6.07, 6.45) is 2.28. The summed E-state index contributed by atoms with van der Waals surface area (Å²) >= 11 is 0. The van der Waals surface area contributed by atoms with E-state index in [2.05, 4.69) is 10.3 Å². The summed E-state index contributed by atoms with van der Waals surface area (Å²) in [6, 6.07) is 15.3. The molecule has 0 bridgehead atoms. The molecule has 0 aliphatic rings. The quantitative estimate of drug-likeness (QED) is 0.691. The minimum atomic E-state index is -1.15. The molecule has 1 heterocycles. The summed E-state index contributed by atoms with van der Waals surface area (Å²) in [6.45, 7) is 5.31. The number of nitrogens with one attached hydrogen (secondary N) is 1. The largest absolute Gasteiger partial charge is 0.465 e. The number of hydrogen-bond acceptors (Lipinski definition) is 3. The Morgan fingerprint density at radius 2 is 1.75 bits per heavy atom. The molecule has 0 aliphatic carbocycles. The monoisotopic (exact) mass is 377 g/mol. The van der Waals surface area contributed by atoms with E-state index in [4.69, 9.17) is 0 Å². The molecule has 0 saturated carbocycles. The van der Waals surface area contributed by atoms with Crippen molar-refractivity contribution in [1.82, 2.24) is 9.88 Å². The number of carbonyl (C=O) groups excluding carboxylic acids is 1. The normalized spacial score (nSPS) is 12.4. The van der Waals surface area contributed by atoms with Crippen molar-refractivity contribution in [2.45, 2.75) is 32.4 Å². The van der Waals surface area contributed by atoms with Gasteiger partial charge in [0.05, 0.1) is 0 Å². The third-order valence-electron chi connectivity index (χ3n) is 4.46. The van der Waals surface area contributed by atoms with Crippen LogP contribution in [0.3, 0.4) is 0 Å². The number of benzene rings is 2. The molecule has 0 spiro atoms. The Hall–Kier alpha value is -3.41.